The molecule has 0 aliphatic heterocycles. The number of nitrogens with one attached hydrogen (secondary N) is 2. The van der Waals surface area contributed by atoms with Crippen LogP contribution in [-0.2, 0) is 27.0 Å². The Balaban J connectivity index is 0.000000250. The first-order chi connectivity index (χ1) is 22.1. The zero-order valence-electron chi connectivity index (χ0n) is 24.9. The van der Waals surface area contributed by atoms with Crippen molar-refractivity contribution < 1.29 is 48.4 Å². The summed E-state index contributed by atoms with van der Waals surface area (Å²) in [7, 11) is 0. The Morgan fingerprint density at radius 1 is 0.596 bits per heavy atom. The van der Waals surface area contributed by atoms with Crippen LogP contribution in [0.15, 0.2) is 107 Å². The van der Waals surface area contributed by atoms with Crippen molar-refractivity contribution in [3.05, 3.63) is 140 Å². The third-order valence-corrected chi connectivity index (χ3v) is 6.69. The maximum atomic E-state index is 12.0. The van der Waals surface area contributed by atoms with Gasteiger partial charge in [0.2, 0.25) is 11.6 Å². The molecule has 14 nitrogen and oxygen atoms in total. The molecule has 2 aliphatic rings. The smallest absolute Gasteiger partial charge is 0.505 e. The molecule has 2 aliphatic carbocycles. The Hall–Kier alpha value is -6.43. The summed E-state index contributed by atoms with van der Waals surface area (Å²) in [6.45, 7) is 0. The molecule has 0 radical (unpaired) electrons. The van der Waals surface area contributed by atoms with Gasteiger partial charge in [-0.15, -0.1) is 0 Å². The van der Waals surface area contributed by atoms with E-state index in [0.29, 0.717) is 11.1 Å². The number of hydrogen-bond donors (Lipinski definition) is 4. The second kappa shape index (κ2) is 14.6. The van der Waals surface area contributed by atoms with Crippen LogP contribution in [0.1, 0.15) is 23.7 Å². The molecular formula is C32H23CrN6O8+. The molecule has 0 amide bonds. The Morgan fingerprint density at radius 2 is 0.979 bits per heavy atom. The van der Waals surface area contributed by atoms with E-state index in [9.17, 15) is 40.0 Å². The fraction of sp³-hybridized carbons (Fsp3) is 0. The number of hydrogen-bond acceptors (Lipinski definition) is 12. The van der Waals surface area contributed by atoms with Crippen LogP contribution in [0.5, 0.6) is 11.5 Å². The van der Waals surface area contributed by atoms with E-state index >= 15 is 0 Å². The van der Waals surface area contributed by atoms with Gasteiger partial charge in [-0.1, -0.05) is 60.7 Å². The van der Waals surface area contributed by atoms with Crippen molar-refractivity contribution in [2.45, 2.75) is 0 Å². The van der Waals surface area contributed by atoms with Crippen LogP contribution in [-0.4, -0.2) is 43.0 Å². The van der Waals surface area contributed by atoms with Gasteiger partial charge in [0.25, 0.3) is 11.4 Å². The number of fused-ring (bicyclic) bond motifs is 2. The summed E-state index contributed by atoms with van der Waals surface area (Å²) < 4.78 is 0. The number of phenols is 2. The van der Waals surface area contributed by atoms with Crippen LogP contribution in [0.2, 0.25) is 0 Å². The predicted molar refractivity (Wildman–Crippen MR) is 172 cm³/mol. The van der Waals surface area contributed by atoms with Gasteiger partial charge in [-0.3, -0.25) is 40.7 Å². The number of nitrogens with zero attached hydrogens (tertiary/aromatic N) is 4. The molecular weight excluding hydrogens is 648 g/mol. The van der Waals surface area contributed by atoms with E-state index < -0.39 is 9.85 Å². The normalized spacial score (nSPS) is 14.3. The summed E-state index contributed by atoms with van der Waals surface area (Å²) >= 11 is 0. The summed E-state index contributed by atoms with van der Waals surface area (Å²) in [6.07, 6.45) is 6.25. The number of carbonyl (C=O) groups excluding carboxylic acids is 2. The number of allylic oxidation sites excluding steroid dienone is 2. The molecule has 47 heavy (non-hydrogen) atoms. The van der Waals surface area contributed by atoms with Crippen LogP contribution < -0.4 is 10.9 Å². The number of hydrazone groups is 2. The molecule has 0 saturated carbocycles. The van der Waals surface area contributed by atoms with Gasteiger partial charge in [-0.05, 0) is 35.4 Å². The minimum atomic E-state index is -0.610. The quantitative estimate of drug-likeness (QED) is 0.114. The molecule has 0 saturated heterocycles. The van der Waals surface area contributed by atoms with Crippen molar-refractivity contribution in [2.24, 2.45) is 10.2 Å². The Kier molecular flexibility index (Phi) is 10.4. The van der Waals surface area contributed by atoms with Crippen LogP contribution in [0.4, 0.5) is 22.7 Å². The number of nitro groups is 2. The summed E-state index contributed by atoms with van der Waals surface area (Å²) in [4.78, 5) is 44.1. The SMILES string of the molecule is O=C1C=Cc2ccccc2/C1=N/Nc1ccc([N+](=O)[O-])cc1O.O=C1C=Cc2ccccc2/C1=N/Nc1ccc([N+](=O)[O-])cc1O.[Cr].[H+]. The number of phenolic OH excluding ortho intramolecular Hbond substituents is 2. The van der Waals surface area contributed by atoms with E-state index in [1.165, 1.54) is 36.4 Å². The fourth-order valence-corrected chi connectivity index (χ4v) is 4.39. The standard InChI is InChI=1S/2C16H11N3O4.Cr/c2*20-14-8-5-10-3-1-2-4-12(10)16(14)18-17-13-7-6-11(19(22)23)9-15(13)21;/h2*1-9,17,21H;/p+1/b2*18-16-;. The van der Waals surface area contributed by atoms with Crippen molar-refractivity contribution in [3.63, 3.8) is 0 Å². The molecule has 4 aromatic rings. The summed E-state index contributed by atoms with van der Waals surface area (Å²) in [5.74, 6) is -1.18. The summed E-state index contributed by atoms with van der Waals surface area (Å²) in [6, 6.07) is 21.7. The number of nitro benzene ring substituents is 2. The van der Waals surface area contributed by atoms with Crippen molar-refractivity contribution in [1.82, 2.24) is 0 Å². The maximum absolute atomic E-state index is 12.0. The van der Waals surface area contributed by atoms with Gasteiger partial charge >= 0.3 is 1.43 Å². The van der Waals surface area contributed by atoms with Crippen LogP contribution in [0, 0.1) is 20.2 Å². The molecule has 0 spiro atoms. The van der Waals surface area contributed by atoms with Crippen LogP contribution >= 0.6 is 0 Å². The first-order valence-corrected chi connectivity index (χ1v) is 13.4. The van der Waals surface area contributed by atoms with Crippen molar-refractivity contribution >= 4 is 57.9 Å². The molecule has 6 rings (SSSR count). The molecule has 0 heterocycles. The Bertz CT molecular complexity index is 1900. The van der Waals surface area contributed by atoms with Crippen LogP contribution in [0.3, 0.4) is 0 Å². The minimum Gasteiger partial charge on any atom is -0.505 e. The van der Waals surface area contributed by atoms with E-state index in [4.69, 9.17) is 0 Å². The first kappa shape index (κ1) is 33.5. The van der Waals surface area contributed by atoms with Gasteiger partial charge in [0, 0.05) is 40.6 Å². The largest absolute Gasteiger partial charge is 1.00 e. The predicted octanol–water partition coefficient (Wildman–Crippen LogP) is 5.54. The van der Waals surface area contributed by atoms with Crippen molar-refractivity contribution in [1.29, 1.82) is 0 Å². The van der Waals surface area contributed by atoms with Gasteiger partial charge in [0.1, 0.15) is 22.9 Å². The van der Waals surface area contributed by atoms with Gasteiger partial charge in [-0.2, -0.15) is 10.2 Å². The molecule has 0 bridgehead atoms. The number of anilines is 2. The fourth-order valence-electron chi connectivity index (χ4n) is 4.39. The van der Waals surface area contributed by atoms with E-state index in [2.05, 4.69) is 21.1 Å². The number of rotatable bonds is 6. The number of benzene rings is 4. The van der Waals surface area contributed by atoms with Gasteiger partial charge < -0.3 is 10.2 Å². The van der Waals surface area contributed by atoms with Crippen molar-refractivity contribution in [3.8, 4) is 11.5 Å². The first-order valence-electron chi connectivity index (χ1n) is 13.4. The Labute approximate surface area is 278 Å². The number of aromatic hydroxyl groups is 2. The topological polar surface area (TPSA) is 210 Å². The molecule has 0 aromatic heterocycles. The number of carbonyl (C=O) groups is 2. The minimum absolute atomic E-state index is 0. The number of ketones is 2. The van der Waals surface area contributed by atoms with Gasteiger partial charge in [0.15, 0.2) is 0 Å². The summed E-state index contributed by atoms with van der Waals surface area (Å²) in [5, 5.41) is 49.0. The van der Waals surface area contributed by atoms with Crippen LogP contribution in [0.25, 0.3) is 12.2 Å². The van der Waals surface area contributed by atoms with E-state index in [1.54, 1.807) is 36.4 Å². The number of non-ortho nitro benzene ring substituents is 2. The van der Waals surface area contributed by atoms with E-state index in [-0.39, 0.29) is 76.0 Å². The third-order valence-electron chi connectivity index (χ3n) is 6.69. The van der Waals surface area contributed by atoms with E-state index in [1.807, 2.05) is 24.3 Å². The van der Waals surface area contributed by atoms with Gasteiger partial charge in [-0.25, -0.2) is 0 Å². The average Bonchev–Trinajstić information content (AvgIpc) is 3.05. The molecule has 0 unspecified atom stereocenters. The molecule has 4 aromatic carbocycles. The summed E-state index contributed by atoms with van der Waals surface area (Å²) in [5.41, 5.74) is 8.52. The Morgan fingerprint density at radius 3 is 1.34 bits per heavy atom. The average molecular weight is 672 g/mol. The second-order valence-electron chi connectivity index (χ2n) is 9.63. The monoisotopic (exact) mass is 671 g/mol. The zero-order chi connectivity index (χ0) is 32.8. The molecule has 0 atom stereocenters. The molecule has 234 valence electrons. The second-order valence-corrected chi connectivity index (χ2v) is 9.63. The molecule has 4 N–H and O–H groups in total. The third kappa shape index (κ3) is 7.63. The van der Waals surface area contributed by atoms with Crippen molar-refractivity contribution in [2.75, 3.05) is 10.9 Å². The maximum Gasteiger partial charge on any atom is 1.00 e. The van der Waals surface area contributed by atoms with E-state index in [0.717, 1.165) is 23.3 Å². The molecule has 15 heteroatoms. The zero-order valence-corrected chi connectivity index (χ0v) is 25.2. The molecule has 0 fully saturated rings. The van der Waals surface area contributed by atoms with Gasteiger partial charge in [0.05, 0.1) is 33.4 Å².